The first-order valence-corrected chi connectivity index (χ1v) is 7.53. The predicted molar refractivity (Wildman–Crippen MR) is 73.7 cm³/mol. The van der Waals surface area contributed by atoms with E-state index < -0.39 is 0 Å². The Morgan fingerprint density at radius 1 is 1.35 bits per heavy atom. The molecule has 96 valence electrons. The van der Waals surface area contributed by atoms with Gasteiger partial charge in [-0.2, -0.15) is 0 Å². The number of nitrogens with one attached hydrogen (secondary N) is 1. The lowest BCUT2D eigenvalue weighted by Gasteiger charge is -2.32. The van der Waals surface area contributed by atoms with Gasteiger partial charge in [0.15, 0.2) is 0 Å². The van der Waals surface area contributed by atoms with Gasteiger partial charge in [0.1, 0.15) is 0 Å². The topological polar surface area (TPSA) is 21.3 Å². The highest BCUT2D eigenvalue weighted by Crippen LogP contribution is 2.19. The molecule has 17 heavy (non-hydrogen) atoms. The van der Waals surface area contributed by atoms with Crippen LogP contribution in [-0.2, 0) is 11.2 Å². The number of ether oxygens (including phenoxy) is 1. The maximum atomic E-state index is 5.74. The fourth-order valence-corrected chi connectivity index (χ4v) is 3.35. The Morgan fingerprint density at radius 2 is 2.12 bits per heavy atom. The van der Waals surface area contributed by atoms with E-state index in [1.807, 2.05) is 11.3 Å². The van der Waals surface area contributed by atoms with Crippen molar-refractivity contribution in [1.82, 2.24) is 5.32 Å². The highest BCUT2D eigenvalue weighted by Gasteiger charge is 2.23. The van der Waals surface area contributed by atoms with Gasteiger partial charge in [-0.1, -0.05) is 6.07 Å². The second-order valence-electron chi connectivity index (χ2n) is 5.06. The van der Waals surface area contributed by atoms with Gasteiger partial charge in [-0.3, -0.25) is 0 Å². The van der Waals surface area contributed by atoms with Crippen LogP contribution in [0.25, 0.3) is 0 Å². The van der Waals surface area contributed by atoms with Gasteiger partial charge >= 0.3 is 0 Å². The summed E-state index contributed by atoms with van der Waals surface area (Å²) in [5.74, 6) is 0. The summed E-state index contributed by atoms with van der Waals surface area (Å²) in [6.45, 7) is 5.48. The monoisotopic (exact) mass is 253 g/mol. The van der Waals surface area contributed by atoms with Crippen molar-refractivity contribution in [3.05, 3.63) is 22.4 Å². The van der Waals surface area contributed by atoms with Crippen LogP contribution in [-0.4, -0.2) is 24.8 Å². The average Bonchev–Trinajstić information content (AvgIpc) is 2.76. The lowest BCUT2D eigenvalue weighted by atomic mass is 10.00. The van der Waals surface area contributed by atoms with Gasteiger partial charge < -0.3 is 10.1 Å². The molecular formula is C14H23NOS. The van der Waals surface area contributed by atoms with Crippen LogP contribution in [0.15, 0.2) is 17.5 Å². The van der Waals surface area contributed by atoms with Crippen molar-refractivity contribution in [2.75, 3.05) is 6.54 Å². The lowest BCUT2D eigenvalue weighted by molar-refractivity contribution is -0.0419. The van der Waals surface area contributed by atoms with E-state index in [0.29, 0.717) is 18.2 Å². The minimum absolute atomic E-state index is 0.411. The molecular weight excluding hydrogens is 230 g/mol. The van der Waals surface area contributed by atoms with E-state index in [0.717, 1.165) is 19.4 Å². The molecule has 0 amide bonds. The molecule has 0 aromatic carbocycles. The third-order valence-corrected chi connectivity index (χ3v) is 4.25. The molecule has 1 aromatic heterocycles. The SMILES string of the molecule is C[C@@H]1CC(NCCCc2cccs2)C[C@H](C)O1. The molecule has 1 aliphatic heterocycles. The van der Waals surface area contributed by atoms with Gasteiger partial charge in [-0.05, 0) is 57.5 Å². The molecule has 3 heteroatoms. The molecule has 0 spiro atoms. The van der Waals surface area contributed by atoms with E-state index in [1.165, 1.54) is 17.7 Å². The Bertz CT molecular complexity index is 302. The van der Waals surface area contributed by atoms with Crippen LogP contribution in [0.1, 0.15) is 38.0 Å². The molecule has 0 bridgehead atoms. The molecule has 1 aliphatic rings. The molecule has 1 N–H and O–H groups in total. The smallest absolute Gasteiger partial charge is 0.0565 e. The Labute approximate surface area is 108 Å². The second kappa shape index (κ2) is 6.53. The normalized spacial score (nSPS) is 29.4. The highest BCUT2D eigenvalue weighted by molar-refractivity contribution is 7.09. The first-order valence-electron chi connectivity index (χ1n) is 6.65. The first kappa shape index (κ1) is 13.1. The number of hydrogen-bond donors (Lipinski definition) is 1. The Morgan fingerprint density at radius 3 is 2.76 bits per heavy atom. The van der Waals surface area contributed by atoms with Crippen molar-refractivity contribution in [1.29, 1.82) is 0 Å². The average molecular weight is 253 g/mol. The second-order valence-corrected chi connectivity index (χ2v) is 6.09. The minimum Gasteiger partial charge on any atom is -0.375 e. The van der Waals surface area contributed by atoms with Crippen LogP contribution < -0.4 is 5.32 Å². The van der Waals surface area contributed by atoms with Crippen LogP contribution in [0.2, 0.25) is 0 Å². The number of aryl methyl sites for hydroxylation is 1. The lowest BCUT2D eigenvalue weighted by Crippen LogP contribution is -2.41. The summed E-state index contributed by atoms with van der Waals surface area (Å²) in [5.41, 5.74) is 0. The van der Waals surface area contributed by atoms with Crippen molar-refractivity contribution in [3.8, 4) is 0 Å². The first-order chi connectivity index (χ1) is 8.24. The third-order valence-electron chi connectivity index (χ3n) is 3.31. The summed E-state index contributed by atoms with van der Waals surface area (Å²) < 4.78 is 5.74. The van der Waals surface area contributed by atoms with Crippen molar-refractivity contribution in [3.63, 3.8) is 0 Å². The summed E-state index contributed by atoms with van der Waals surface area (Å²) in [5, 5.41) is 5.83. The molecule has 1 fully saturated rings. The maximum absolute atomic E-state index is 5.74. The zero-order chi connectivity index (χ0) is 12.1. The molecule has 0 aliphatic carbocycles. The standard InChI is InChI=1S/C14H23NOS/c1-11-9-13(10-12(2)16-11)15-7-3-5-14-6-4-8-17-14/h4,6,8,11-13,15H,3,5,7,9-10H2,1-2H3/t11-,12+,13?. The fourth-order valence-electron chi connectivity index (χ4n) is 2.60. The molecule has 2 nitrogen and oxygen atoms in total. The molecule has 1 aromatic rings. The van der Waals surface area contributed by atoms with E-state index >= 15 is 0 Å². The molecule has 3 atom stereocenters. The van der Waals surface area contributed by atoms with Gasteiger partial charge in [0.2, 0.25) is 0 Å². The van der Waals surface area contributed by atoms with Crippen LogP contribution in [0, 0.1) is 0 Å². The molecule has 2 rings (SSSR count). The van der Waals surface area contributed by atoms with Crippen molar-refractivity contribution in [2.24, 2.45) is 0 Å². The number of rotatable bonds is 5. The molecule has 2 heterocycles. The zero-order valence-electron chi connectivity index (χ0n) is 10.8. The summed E-state index contributed by atoms with van der Waals surface area (Å²) in [6, 6.07) is 5.01. The summed E-state index contributed by atoms with van der Waals surface area (Å²) >= 11 is 1.86. The summed E-state index contributed by atoms with van der Waals surface area (Å²) in [4.78, 5) is 1.50. The zero-order valence-corrected chi connectivity index (χ0v) is 11.6. The quantitative estimate of drug-likeness (QED) is 0.814. The van der Waals surface area contributed by atoms with E-state index in [2.05, 4.69) is 36.7 Å². The summed E-state index contributed by atoms with van der Waals surface area (Å²) in [7, 11) is 0. The van der Waals surface area contributed by atoms with Gasteiger partial charge in [0.25, 0.3) is 0 Å². The molecule has 0 radical (unpaired) electrons. The van der Waals surface area contributed by atoms with Gasteiger partial charge in [0.05, 0.1) is 12.2 Å². The highest BCUT2D eigenvalue weighted by atomic mass is 32.1. The Kier molecular flexibility index (Phi) is 5.01. The number of hydrogen-bond acceptors (Lipinski definition) is 3. The molecule has 0 saturated carbocycles. The van der Waals surface area contributed by atoms with Crippen LogP contribution in [0.5, 0.6) is 0 Å². The molecule has 1 saturated heterocycles. The van der Waals surface area contributed by atoms with Crippen LogP contribution in [0.3, 0.4) is 0 Å². The van der Waals surface area contributed by atoms with E-state index in [9.17, 15) is 0 Å². The predicted octanol–water partition coefficient (Wildman–Crippen LogP) is 3.23. The fraction of sp³-hybridized carbons (Fsp3) is 0.714. The van der Waals surface area contributed by atoms with Crippen molar-refractivity contribution in [2.45, 2.75) is 57.8 Å². The largest absolute Gasteiger partial charge is 0.375 e. The van der Waals surface area contributed by atoms with Crippen molar-refractivity contribution >= 4 is 11.3 Å². The van der Waals surface area contributed by atoms with E-state index in [1.54, 1.807) is 0 Å². The van der Waals surface area contributed by atoms with Gasteiger partial charge in [-0.15, -0.1) is 11.3 Å². The van der Waals surface area contributed by atoms with Gasteiger partial charge in [0, 0.05) is 10.9 Å². The van der Waals surface area contributed by atoms with E-state index in [-0.39, 0.29) is 0 Å². The van der Waals surface area contributed by atoms with Gasteiger partial charge in [-0.25, -0.2) is 0 Å². The van der Waals surface area contributed by atoms with Crippen LogP contribution in [0.4, 0.5) is 0 Å². The minimum atomic E-state index is 0.411. The third kappa shape index (κ3) is 4.41. The Hall–Kier alpha value is -0.380. The Balaban J connectivity index is 1.61. The number of thiophene rings is 1. The maximum Gasteiger partial charge on any atom is 0.0565 e. The summed E-state index contributed by atoms with van der Waals surface area (Å²) in [6.07, 6.45) is 5.58. The van der Waals surface area contributed by atoms with Crippen LogP contribution >= 0.6 is 11.3 Å². The van der Waals surface area contributed by atoms with Crippen molar-refractivity contribution < 1.29 is 4.74 Å². The van der Waals surface area contributed by atoms with E-state index in [4.69, 9.17) is 4.74 Å². The molecule has 1 unspecified atom stereocenters.